The van der Waals surface area contributed by atoms with Crippen molar-refractivity contribution in [1.29, 1.82) is 0 Å². The van der Waals surface area contributed by atoms with Gasteiger partial charge in [0.2, 0.25) is 5.91 Å². The summed E-state index contributed by atoms with van der Waals surface area (Å²) < 4.78 is 0. The van der Waals surface area contributed by atoms with Crippen molar-refractivity contribution in [3.63, 3.8) is 0 Å². The molecule has 3 unspecified atom stereocenters. The molecule has 0 aliphatic carbocycles. The molecule has 5 heteroatoms. The van der Waals surface area contributed by atoms with Crippen LogP contribution in [0, 0.1) is 0 Å². The Labute approximate surface area is 324 Å². The summed E-state index contributed by atoms with van der Waals surface area (Å²) in [5, 5.41) is 33.2. The molecule has 0 aromatic heterocycles. The molecule has 0 saturated heterocycles. The normalized spacial score (nSPS) is 13.7. The summed E-state index contributed by atoms with van der Waals surface area (Å²) in [7, 11) is 0. The number of allylic oxidation sites excluding steroid dienone is 3. The predicted molar refractivity (Wildman–Crippen MR) is 227 cm³/mol. The van der Waals surface area contributed by atoms with E-state index >= 15 is 0 Å². The number of carbonyl (C=O) groups is 1. The Bertz CT molecular complexity index is 768. The lowest BCUT2D eigenvalue weighted by molar-refractivity contribution is -0.124. The summed E-state index contributed by atoms with van der Waals surface area (Å²) in [4.78, 5) is 12.4. The summed E-state index contributed by atoms with van der Waals surface area (Å²) in [5.41, 5.74) is 0. The summed E-state index contributed by atoms with van der Waals surface area (Å²) in [5.74, 6) is -0.317. The van der Waals surface area contributed by atoms with E-state index in [4.69, 9.17) is 0 Å². The number of aliphatic hydroxyl groups is 3. The van der Waals surface area contributed by atoms with Crippen molar-refractivity contribution in [3.8, 4) is 0 Å². The minimum absolute atomic E-state index is 0.0114. The Morgan fingerprint density at radius 3 is 1.17 bits per heavy atom. The molecule has 0 aromatic carbocycles. The van der Waals surface area contributed by atoms with Crippen molar-refractivity contribution in [2.75, 3.05) is 6.61 Å². The average Bonchev–Trinajstić information content (AvgIpc) is 3.14. The van der Waals surface area contributed by atoms with Crippen molar-refractivity contribution >= 4 is 5.91 Å². The maximum Gasteiger partial charge on any atom is 0.222 e. The molecule has 1 amide bonds. The molecular formula is C47H91NO4. The maximum atomic E-state index is 12.4. The Kier molecular flexibility index (Phi) is 41.6. The minimum atomic E-state index is -0.928. The second-order valence-electron chi connectivity index (χ2n) is 16.0. The Hall–Kier alpha value is -1.17. The van der Waals surface area contributed by atoms with Crippen LogP contribution in [0.15, 0.2) is 24.3 Å². The van der Waals surface area contributed by atoms with Gasteiger partial charge in [0.25, 0.3) is 0 Å². The van der Waals surface area contributed by atoms with Gasteiger partial charge in [0.05, 0.1) is 31.3 Å². The number of hydrogen-bond acceptors (Lipinski definition) is 4. The number of unbranched alkanes of at least 4 members (excludes halogenated alkanes) is 31. The van der Waals surface area contributed by atoms with Gasteiger partial charge in [-0.1, -0.05) is 218 Å². The van der Waals surface area contributed by atoms with Gasteiger partial charge in [0.1, 0.15) is 0 Å². The monoisotopic (exact) mass is 734 g/mol. The van der Waals surface area contributed by atoms with Gasteiger partial charge in [-0.15, -0.1) is 0 Å². The fourth-order valence-corrected chi connectivity index (χ4v) is 7.16. The third-order valence-electron chi connectivity index (χ3n) is 10.7. The molecule has 0 saturated carbocycles. The first-order valence-corrected chi connectivity index (χ1v) is 23.1. The first-order valence-electron chi connectivity index (χ1n) is 23.1. The number of aliphatic hydroxyl groups excluding tert-OH is 3. The average molecular weight is 734 g/mol. The molecule has 0 bridgehead atoms. The minimum Gasteiger partial charge on any atom is -0.394 e. The third kappa shape index (κ3) is 38.6. The molecular weight excluding hydrogens is 643 g/mol. The SMILES string of the molecule is CCCCCCCCCCCCCC/C=C\CCCCCCCCC(O)CC(=O)NC(CO)C(O)/C=C/CCCCCCCCCCCCCCC. The zero-order valence-electron chi connectivity index (χ0n) is 35.0. The highest BCUT2D eigenvalue weighted by molar-refractivity contribution is 5.76. The van der Waals surface area contributed by atoms with Crippen LogP contribution in [-0.2, 0) is 4.79 Å². The molecule has 0 heterocycles. The van der Waals surface area contributed by atoms with Crippen LogP contribution in [0.3, 0.4) is 0 Å². The predicted octanol–water partition coefficient (Wildman–Crippen LogP) is 13.4. The van der Waals surface area contributed by atoms with Crippen LogP contribution < -0.4 is 5.32 Å². The van der Waals surface area contributed by atoms with E-state index < -0.39 is 18.2 Å². The van der Waals surface area contributed by atoms with E-state index in [1.807, 2.05) is 6.08 Å². The van der Waals surface area contributed by atoms with Gasteiger partial charge in [0, 0.05) is 0 Å². The number of rotatable bonds is 42. The molecule has 4 N–H and O–H groups in total. The molecule has 0 spiro atoms. The van der Waals surface area contributed by atoms with Crippen molar-refractivity contribution in [2.24, 2.45) is 0 Å². The molecule has 5 nitrogen and oxygen atoms in total. The molecule has 0 aliphatic rings. The molecule has 0 rings (SSSR count). The zero-order chi connectivity index (χ0) is 38.0. The van der Waals surface area contributed by atoms with Crippen LogP contribution in [0.25, 0.3) is 0 Å². The lowest BCUT2D eigenvalue weighted by atomic mass is 10.0. The first kappa shape index (κ1) is 50.8. The fourth-order valence-electron chi connectivity index (χ4n) is 7.16. The smallest absolute Gasteiger partial charge is 0.222 e. The van der Waals surface area contributed by atoms with E-state index in [0.717, 1.165) is 25.7 Å². The number of carbonyl (C=O) groups excluding carboxylic acids is 1. The van der Waals surface area contributed by atoms with Gasteiger partial charge in [0.15, 0.2) is 0 Å². The van der Waals surface area contributed by atoms with E-state index in [1.165, 1.54) is 193 Å². The van der Waals surface area contributed by atoms with Gasteiger partial charge in [-0.2, -0.15) is 0 Å². The van der Waals surface area contributed by atoms with Gasteiger partial charge in [-0.25, -0.2) is 0 Å². The molecule has 0 aromatic rings. The van der Waals surface area contributed by atoms with Crippen LogP contribution >= 0.6 is 0 Å². The number of nitrogens with one attached hydrogen (secondary N) is 1. The number of amides is 1. The third-order valence-corrected chi connectivity index (χ3v) is 10.7. The lowest BCUT2D eigenvalue weighted by Gasteiger charge is -2.21. The molecule has 0 aliphatic heterocycles. The van der Waals surface area contributed by atoms with Crippen LogP contribution in [0.4, 0.5) is 0 Å². The van der Waals surface area contributed by atoms with Gasteiger partial charge in [-0.05, 0) is 44.9 Å². The highest BCUT2D eigenvalue weighted by Gasteiger charge is 2.20. The maximum absolute atomic E-state index is 12.4. The summed E-state index contributed by atoms with van der Waals surface area (Å²) in [6.45, 7) is 4.22. The van der Waals surface area contributed by atoms with Crippen LogP contribution in [-0.4, -0.2) is 46.1 Å². The van der Waals surface area contributed by atoms with Crippen molar-refractivity contribution < 1.29 is 20.1 Å². The van der Waals surface area contributed by atoms with E-state index in [0.29, 0.717) is 6.42 Å². The van der Waals surface area contributed by atoms with Gasteiger partial charge in [-0.3, -0.25) is 4.79 Å². The quantitative estimate of drug-likeness (QED) is 0.0371. The van der Waals surface area contributed by atoms with Gasteiger partial charge < -0.3 is 20.6 Å². The molecule has 0 radical (unpaired) electrons. The van der Waals surface area contributed by atoms with Gasteiger partial charge >= 0.3 is 0 Å². The highest BCUT2D eigenvalue weighted by atomic mass is 16.3. The van der Waals surface area contributed by atoms with Crippen molar-refractivity contribution in [1.82, 2.24) is 5.32 Å². The summed E-state index contributed by atoms with van der Waals surface area (Å²) >= 11 is 0. The second kappa shape index (κ2) is 42.6. The first-order chi connectivity index (χ1) is 25.5. The lowest BCUT2D eigenvalue weighted by Crippen LogP contribution is -2.45. The largest absolute Gasteiger partial charge is 0.394 e. The van der Waals surface area contributed by atoms with Crippen molar-refractivity contribution in [2.45, 2.75) is 263 Å². The standard InChI is InChI=1S/C47H91NO4/c1-3-5-7-9-11-13-15-17-19-20-21-22-23-24-25-27-28-30-32-34-36-38-40-44(50)42-47(52)48-45(43-49)46(51)41-39-37-35-33-31-29-26-18-16-14-12-10-8-6-4-2/h24-25,39,41,44-46,49-51H,3-23,26-38,40,42-43H2,1-2H3,(H,48,52)/b25-24-,41-39+. The van der Waals surface area contributed by atoms with E-state index in [2.05, 4.69) is 31.3 Å². The van der Waals surface area contributed by atoms with Crippen molar-refractivity contribution in [3.05, 3.63) is 24.3 Å². The molecule has 0 fully saturated rings. The number of hydrogen-bond donors (Lipinski definition) is 4. The van der Waals surface area contributed by atoms with E-state index in [9.17, 15) is 20.1 Å². The van der Waals surface area contributed by atoms with Crippen LogP contribution in [0.2, 0.25) is 0 Å². The topological polar surface area (TPSA) is 89.8 Å². The Balaban J connectivity index is 3.63. The Morgan fingerprint density at radius 1 is 0.481 bits per heavy atom. The summed E-state index contributed by atoms with van der Waals surface area (Å²) in [6.07, 6.45) is 51.8. The van der Waals surface area contributed by atoms with E-state index in [-0.39, 0.29) is 18.9 Å². The highest BCUT2D eigenvalue weighted by Crippen LogP contribution is 2.16. The Morgan fingerprint density at radius 2 is 0.808 bits per heavy atom. The van der Waals surface area contributed by atoms with E-state index in [1.54, 1.807) is 6.08 Å². The molecule has 308 valence electrons. The fraction of sp³-hybridized carbons (Fsp3) is 0.894. The zero-order valence-corrected chi connectivity index (χ0v) is 35.0. The van der Waals surface area contributed by atoms with Crippen LogP contribution in [0.1, 0.15) is 245 Å². The molecule has 52 heavy (non-hydrogen) atoms. The second-order valence-corrected chi connectivity index (χ2v) is 16.0. The molecule has 3 atom stereocenters. The summed E-state index contributed by atoms with van der Waals surface area (Å²) in [6, 6.07) is -0.744. The van der Waals surface area contributed by atoms with Crippen LogP contribution in [0.5, 0.6) is 0 Å².